The van der Waals surface area contributed by atoms with E-state index in [0.717, 1.165) is 6.20 Å². The van der Waals surface area contributed by atoms with Gasteiger partial charge in [-0.2, -0.15) is 13.4 Å². The highest BCUT2D eigenvalue weighted by Crippen LogP contribution is 2.39. The number of rotatable bonds is 3. The summed E-state index contributed by atoms with van der Waals surface area (Å²) < 4.78 is 37.6. The minimum Gasteiger partial charge on any atom is -0.392 e. The van der Waals surface area contributed by atoms with E-state index in [1.165, 1.54) is 6.92 Å². The molecule has 0 amide bonds. The van der Waals surface area contributed by atoms with Gasteiger partial charge < -0.3 is 25.8 Å². The van der Waals surface area contributed by atoms with Gasteiger partial charge in [-0.3, -0.25) is 9.12 Å². The van der Waals surface area contributed by atoms with E-state index in [1.54, 1.807) is 0 Å². The number of aliphatic hydroxyl groups excluding tert-OH is 3. The Morgan fingerprint density at radius 3 is 2.55 bits per heavy atom. The molecule has 124 valence electrons. The van der Waals surface area contributed by atoms with Gasteiger partial charge in [0.2, 0.25) is 4.93 Å². The lowest BCUT2D eigenvalue weighted by atomic mass is 10.1. The zero-order chi connectivity index (χ0) is 16.9. The number of nitrogens with two attached hydrogens (primary N) is 1. The van der Waals surface area contributed by atoms with Crippen LogP contribution in [-0.2, 0) is 14.9 Å². The minimum atomic E-state index is -5.11. The van der Waals surface area contributed by atoms with Crippen LogP contribution in [0.3, 0.4) is 0 Å². The lowest BCUT2D eigenvalue weighted by molar-refractivity contribution is -0.0826. The molecule has 0 spiro atoms. The molecule has 0 bridgehead atoms. The molecule has 1 fully saturated rings. The largest absolute Gasteiger partial charge is 0.392 e. The van der Waals surface area contributed by atoms with Crippen molar-refractivity contribution in [3.8, 4) is 0 Å². The quantitative estimate of drug-likeness (QED) is 0.355. The van der Waals surface area contributed by atoms with E-state index in [-0.39, 0.29) is 5.82 Å². The van der Waals surface area contributed by atoms with E-state index in [0.29, 0.717) is 10.1 Å². The average molecular weight is 337 g/mol. The fourth-order valence-corrected chi connectivity index (χ4v) is 3.00. The number of hydrogen-bond acceptors (Lipinski definition) is 9. The molecule has 1 aliphatic rings. The molecular weight excluding hydrogens is 322 g/mol. The number of nitrogen functional groups attached to an aromatic ring is 1. The molecular formula is C10H15N3O8S. The highest BCUT2D eigenvalue weighted by molar-refractivity contribution is 7.87. The molecule has 4 atom stereocenters. The normalized spacial score (nSPS) is 32.3. The molecule has 1 aliphatic heterocycles. The molecule has 1 aromatic heterocycles. The topological polar surface area (TPSA) is 185 Å². The summed E-state index contributed by atoms with van der Waals surface area (Å²) >= 11 is 0. The Balaban J connectivity index is 2.57. The Kier molecular flexibility index (Phi) is 4.01. The maximum Gasteiger partial charge on any atom is 0.351 e. The van der Waals surface area contributed by atoms with Crippen LogP contribution in [0.5, 0.6) is 0 Å². The number of hydrogen-bond donors (Lipinski definition) is 5. The lowest BCUT2D eigenvalue weighted by Gasteiger charge is -2.26. The van der Waals surface area contributed by atoms with Crippen LogP contribution in [-0.4, -0.2) is 61.6 Å². The Bertz CT molecular complexity index is 747. The number of aliphatic hydroxyl groups is 3. The van der Waals surface area contributed by atoms with Crippen LogP contribution in [0, 0.1) is 6.92 Å². The fourth-order valence-electron chi connectivity index (χ4n) is 2.17. The first-order valence-corrected chi connectivity index (χ1v) is 7.46. The van der Waals surface area contributed by atoms with Crippen LogP contribution >= 0.6 is 0 Å². The van der Waals surface area contributed by atoms with E-state index in [2.05, 4.69) is 4.98 Å². The Morgan fingerprint density at radius 2 is 2.09 bits per heavy atom. The average Bonchev–Trinajstić information content (AvgIpc) is 2.67. The first-order chi connectivity index (χ1) is 10.0. The van der Waals surface area contributed by atoms with Crippen molar-refractivity contribution >= 4 is 15.9 Å². The summed E-state index contributed by atoms with van der Waals surface area (Å²) in [6, 6.07) is 0. The summed E-state index contributed by atoms with van der Waals surface area (Å²) in [6.45, 7) is 0.162. The van der Waals surface area contributed by atoms with Crippen molar-refractivity contribution in [2.24, 2.45) is 0 Å². The molecule has 0 aromatic carbocycles. The molecule has 22 heavy (non-hydrogen) atoms. The smallest absolute Gasteiger partial charge is 0.351 e. The van der Waals surface area contributed by atoms with E-state index in [1.807, 2.05) is 0 Å². The van der Waals surface area contributed by atoms with Crippen LogP contribution in [0.2, 0.25) is 0 Å². The maximum atomic E-state index is 11.8. The third-order valence-electron chi connectivity index (χ3n) is 3.49. The highest BCUT2D eigenvalue weighted by atomic mass is 32.2. The van der Waals surface area contributed by atoms with Crippen molar-refractivity contribution in [1.82, 2.24) is 9.55 Å². The Labute approximate surface area is 124 Å². The minimum absolute atomic E-state index is 0.0718. The first-order valence-electron chi connectivity index (χ1n) is 6.02. The molecule has 12 heteroatoms. The zero-order valence-corrected chi connectivity index (χ0v) is 12.1. The number of ether oxygens (including phenoxy) is 1. The van der Waals surface area contributed by atoms with Crippen molar-refractivity contribution in [3.05, 3.63) is 22.2 Å². The predicted octanol–water partition coefficient (Wildman–Crippen LogP) is -3.04. The molecule has 2 heterocycles. The van der Waals surface area contributed by atoms with Crippen molar-refractivity contribution < 1.29 is 33.0 Å². The van der Waals surface area contributed by atoms with Crippen LogP contribution in [0.25, 0.3) is 0 Å². The third-order valence-corrected chi connectivity index (χ3v) is 4.83. The molecule has 2 rings (SSSR count). The van der Waals surface area contributed by atoms with Gasteiger partial charge in [-0.25, -0.2) is 4.79 Å². The van der Waals surface area contributed by atoms with Crippen LogP contribution < -0.4 is 11.4 Å². The molecule has 1 saturated heterocycles. The summed E-state index contributed by atoms with van der Waals surface area (Å²) in [5.74, 6) is -0.0718. The monoisotopic (exact) mass is 337 g/mol. The number of anilines is 1. The summed E-state index contributed by atoms with van der Waals surface area (Å²) in [6.07, 6.45) is -4.66. The van der Waals surface area contributed by atoms with Gasteiger partial charge in [0, 0.05) is 11.8 Å². The predicted molar refractivity (Wildman–Crippen MR) is 71.1 cm³/mol. The van der Waals surface area contributed by atoms with Crippen molar-refractivity contribution in [2.45, 2.75) is 30.3 Å². The maximum absolute atomic E-state index is 11.8. The van der Waals surface area contributed by atoms with Crippen LogP contribution in [0.1, 0.15) is 11.8 Å². The van der Waals surface area contributed by atoms with Crippen molar-refractivity contribution in [3.63, 3.8) is 0 Å². The van der Waals surface area contributed by atoms with Gasteiger partial charge in [-0.05, 0) is 6.92 Å². The fraction of sp³-hybridized carbons (Fsp3) is 0.600. The third kappa shape index (κ3) is 2.29. The Hall–Kier alpha value is -1.57. The molecule has 0 radical (unpaired) electrons. The first kappa shape index (κ1) is 16.8. The zero-order valence-electron chi connectivity index (χ0n) is 11.3. The highest BCUT2D eigenvalue weighted by Gasteiger charge is 2.62. The Morgan fingerprint density at radius 1 is 1.50 bits per heavy atom. The second-order valence-corrected chi connectivity index (χ2v) is 6.53. The van der Waals surface area contributed by atoms with E-state index in [9.17, 15) is 33.1 Å². The number of aromatic nitrogens is 2. The standard InChI is InChI=1S/C10H15N3O8S/c1-4-2-13(9(17)12-7(4)11)8-5(15)6(16)10(3-14,21-8)22(18,19)20/h2,5-6,8,14-16H,3H2,1H3,(H2,11,12,17)(H,18,19,20)/t5-,6+,8-,10+/m1/s1. The van der Waals surface area contributed by atoms with E-state index < -0.39 is 45.8 Å². The summed E-state index contributed by atoms with van der Waals surface area (Å²) in [5, 5.41) is 29.0. The number of aryl methyl sites for hydroxylation is 1. The summed E-state index contributed by atoms with van der Waals surface area (Å²) in [7, 11) is -5.11. The molecule has 0 unspecified atom stereocenters. The molecule has 6 N–H and O–H groups in total. The van der Waals surface area contributed by atoms with Gasteiger partial charge >= 0.3 is 5.69 Å². The SMILES string of the molecule is Cc1cn([C@@H]2O[C@@](CO)(S(=O)(=O)O)[C@@H](O)[C@H]2O)c(=O)nc1N. The molecule has 0 saturated carbocycles. The van der Waals surface area contributed by atoms with E-state index in [4.69, 9.17) is 10.5 Å². The molecule has 11 nitrogen and oxygen atoms in total. The lowest BCUT2D eigenvalue weighted by Crippen LogP contribution is -2.52. The molecule has 0 aliphatic carbocycles. The second-order valence-electron chi connectivity index (χ2n) is 4.89. The second kappa shape index (κ2) is 5.26. The number of nitrogens with zero attached hydrogens (tertiary/aromatic N) is 2. The van der Waals surface area contributed by atoms with Gasteiger partial charge in [0.25, 0.3) is 10.1 Å². The van der Waals surface area contributed by atoms with Crippen LogP contribution in [0.4, 0.5) is 5.82 Å². The summed E-state index contributed by atoms with van der Waals surface area (Å²) in [5.41, 5.74) is 4.81. The van der Waals surface area contributed by atoms with Gasteiger partial charge in [0.1, 0.15) is 18.0 Å². The summed E-state index contributed by atoms with van der Waals surface area (Å²) in [4.78, 5) is 12.4. The van der Waals surface area contributed by atoms with Gasteiger partial charge in [-0.15, -0.1) is 0 Å². The van der Waals surface area contributed by atoms with Gasteiger partial charge in [0.15, 0.2) is 6.23 Å². The van der Waals surface area contributed by atoms with Crippen molar-refractivity contribution in [1.29, 1.82) is 0 Å². The molecule has 1 aromatic rings. The van der Waals surface area contributed by atoms with Crippen molar-refractivity contribution in [2.75, 3.05) is 12.3 Å². The van der Waals surface area contributed by atoms with Gasteiger partial charge in [-0.1, -0.05) is 0 Å². The van der Waals surface area contributed by atoms with Gasteiger partial charge in [0.05, 0.1) is 6.61 Å². The van der Waals surface area contributed by atoms with Crippen LogP contribution in [0.15, 0.2) is 11.0 Å². The van der Waals surface area contributed by atoms with E-state index >= 15 is 0 Å².